The van der Waals surface area contributed by atoms with E-state index in [-0.39, 0.29) is 6.16 Å². The number of rotatable bonds is 34. The molecule has 6 heteroatoms. The van der Waals surface area contributed by atoms with Crippen LogP contribution in [0.3, 0.4) is 0 Å². The van der Waals surface area contributed by atoms with Gasteiger partial charge in [0.1, 0.15) is 0 Å². The summed E-state index contributed by atoms with van der Waals surface area (Å²) in [6.45, 7) is 0.659. The zero-order chi connectivity index (χ0) is 29.2. The maximum absolute atomic E-state index is 10.8. The van der Waals surface area contributed by atoms with Crippen molar-refractivity contribution < 1.29 is 19.1 Å². The Kier molecular flexibility index (Phi) is 32.6. The molecule has 238 valence electrons. The summed E-state index contributed by atoms with van der Waals surface area (Å²) in [5.41, 5.74) is 0. The van der Waals surface area contributed by atoms with Crippen LogP contribution in [0.1, 0.15) is 199 Å². The Morgan fingerprint density at radius 2 is 0.575 bits per heavy atom. The monoisotopic (exact) mass is 585 g/mol. The molecule has 0 aromatic carbocycles. The van der Waals surface area contributed by atoms with Crippen LogP contribution in [0.4, 0.5) is 0 Å². The molecule has 0 aliphatic rings. The van der Waals surface area contributed by atoms with Gasteiger partial charge in [0.05, 0.1) is 6.54 Å². The summed E-state index contributed by atoms with van der Waals surface area (Å²) in [5, 5.41) is 0. The second-order valence-electron chi connectivity index (χ2n) is 12.3. The van der Waals surface area contributed by atoms with Crippen molar-refractivity contribution in [3.8, 4) is 0 Å². The second kappa shape index (κ2) is 33.0. The van der Waals surface area contributed by atoms with Crippen LogP contribution in [0.5, 0.6) is 0 Å². The number of carbonyl (C=O) groups excluding carboxylic acids is 1. The third kappa shape index (κ3) is 37.5. The fourth-order valence-corrected chi connectivity index (χ4v) is 6.32. The third-order valence-electron chi connectivity index (χ3n) is 8.28. The molecule has 0 saturated heterocycles. The molecule has 40 heavy (non-hydrogen) atoms. The number of nitrogens with zero attached hydrogens (tertiary/aromatic N) is 1. The molecule has 0 rings (SSSR count). The molecule has 0 heterocycles. The lowest BCUT2D eigenvalue weighted by atomic mass is 10.0. The fourth-order valence-electron chi connectivity index (χ4n) is 5.68. The molecule has 0 aromatic rings. The molecule has 0 amide bonds. The van der Waals surface area contributed by atoms with E-state index in [9.17, 15) is 9.36 Å². The van der Waals surface area contributed by atoms with Gasteiger partial charge >= 0.3 is 7.60 Å². The van der Waals surface area contributed by atoms with Crippen molar-refractivity contribution in [2.75, 3.05) is 12.7 Å². The molecule has 0 aliphatic carbocycles. The van der Waals surface area contributed by atoms with Gasteiger partial charge in [0, 0.05) is 6.16 Å². The molecule has 0 aromatic heterocycles. The molecule has 0 saturated carbocycles. The highest BCUT2D eigenvalue weighted by atomic mass is 31.2. The highest BCUT2D eigenvalue weighted by molar-refractivity contribution is 7.51. The Labute approximate surface area is 249 Å². The first-order valence-electron chi connectivity index (χ1n) is 17.6. The minimum atomic E-state index is -3.78. The zero-order valence-corrected chi connectivity index (χ0v) is 27.3. The normalized spacial score (nSPS) is 11.7. The summed E-state index contributed by atoms with van der Waals surface area (Å²) in [6, 6.07) is 0. The number of hydrogen-bond donors (Lipinski definition) is 2. The zero-order valence-electron chi connectivity index (χ0n) is 26.4. The van der Waals surface area contributed by atoms with E-state index < -0.39 is 7.60 Å². The summed E-state index contributed by atoms with van der Waals surface area (Å²) in [7, 11) is -3.78. The number of hydrogen-bond acceptors (Lipinski definition) is 3. The first kappa shape index (κ1) is 39.5. The smallest absolute Gasteiger partial charge is 0.324 e. The second-order valence-corrected chi connectivity index (χ2v) is 14.1. The Balaban J connectivity index is 3.06. The van der Waals surface area contributed by atoms with Crippen LogP contribution < -0.4 is 0 Å². The van der Waals surface area contributed by atoms with Gasteiger partial charge in [-0.1, -0.05) is 186 Å². The highest BCUT2D eigenvalue weighted by Gasteiger charge is 2.10. The van der Waals surface area contributed by atoms with Gasteiger partial charge in [-0.05, 0) is 12.8 Å². The molecular weight excluding hydrogens is 517 g/mol. The molecule has 5 nitrogen and oxygen atoms in total. The topological polar surface area (TPSA) is 87.0 Å². The molecule has 0 atom stereocenters. The number of isocyanates is 1. The van der Waals surface area contributed by atoms with Crippen molar-refractivity contribution in [1.82, 2.24) is 0 Å². The molecule has 0 fully saturated rings. The van der Waals surface area contributed by atoms with Gasteiger partial charge in [0.25, 0.3) is 0 Å². The van der Waals surface area contributed by atoms with Gasteiger partial charge < -0.3 is 9.79 Å². The van der Waals surface area contributed by atoms with E-state index in [1.165, 1.54) is 173 Å². The summed E-state index contributed by atoms with van der Waals surface area (Å²) >= 11 is 0. The third-order valence-corrected chi connectivity index (χ3v) is 9.18. The molecule has 0 bridgehead atoms. The van der Waals surface area contributed by atoms with Crippen molar-refractivity contribution in [3.05, 3.63) is 0 Å². The van der Waals surface area contributed by atoms with Crippen LogP contribution in [0, 0.1) is 0 Å². The van der Waals surface area contributed by atoms with Crippen molar-refractivity contribution in [2.24, 2.45) is 4.99 Å². The van der Waals surface area contributed by atoms with E-state index in [2.05, 4.69) is 4.99 Å². The molecule has 0 aliphatic heterocycles. The first-order chi connectivity index (χ1) is 19.6. The summed E-state index contributed by atoms with van der Waals surface area (Å²) in [5.74, 6) is 0. The summed E-state index contributed by atoms with van der Waals surface area (Å²) < 4.78 is 10.8. The van der Waals surface area contributed by atoms with E-state index in [1.54, 1.807) is 6.08 Å². The van der Waals surface area contributed by atoms with Gasteiger partial charge in [-0.25, -0.2) is 9.79 Å². The molecular formula is C34H68NO4P. The summed E-state index contributed by atoms with van der Waals surface area (Å²) in [4.78, 5) is 31.3. The average molecular weight is 586 g/mol. The first-order valence-corrected chi connectivity index (χ1v) is 19.4. The lowest BCUT2D eigenvalue weighted by molar-refractivity contribution is 0.370. The largest absolute Gasteiger partial charge is 0.325 e. The van der Waals surface area contributed by atoms with Crippen molar-refractivity contribution in [2.45, 2.75) is 199 Å². The van der Waals surface area contributed by atoms with Gasteiger partial charge in [0.2, 0.25) is 6.08 Å². The SMILES string of the molecule is O=C=NCCCCCCCCCCCCCCCCCCCCCCCCCCCCCCCCCP(=O)(O)O. The number of aliphatic imine (C=N–C) groups is 1. The minimum absolute atomic E-state index is 0.0561. The Hall–Kier alpha value is -0.470. The van der Waals surface area contributed by atoms with Gasteiger partial charge in [-0.3, -0.25) is 4.57 Å². The highest BCUT2D eigenvalue weighted by Crippen LogP contribution is 2.35. The van der Waals surface area contributed by atoms with E-state index in [0.717, 1.165) is 19.3 Å². The lowest BCUT2D eigenvalue weighted by Gasteiger charge is -2.05. The van der Waals surface area contributed by atoms with Crippen molar-refractivity contribution >= 4 is 13.7 Å². The van der Waals surface area contributed by atoms with Crippen LogP contribution >= 0.6 is 7.60 Å². The van der Waals surface area contributed by atoms with Gasteiger partial charge in [0.15, 0.2) is 0 Å². The van der Waals surface area contributed by atoms with E-state index in [0.29, 0.717) is 13.0 Å². The number of unbranched alkanes of at least 4 members (excludes halogenated alkanes) is 30. The summed E-state index contributed by atoms with van der Waals surface area (Å²) in [6.07, 6.45) is 42.9. The maximum Gasteiger partial charge on any atom is 0.325 e. The van der Waals surface area contributed by atoms with Crippen molar-refractivity contribution in [3.63, 3.8) is 0 Å². The Bertz CT molecular complexity index is 588. The average Bonchev–Trinajstić information content (AvgIpc) is 2.92. The van der Waals surface area contributed by atoms with Crippen LogP contribution in [0.15, 0.2) is 4.99 Å². The standard InChI is InChI=1S/C34H68NO4P/c36-34-35-32-30-28-26-24-22-20-18-16-14-12-10-8-6-4-2-1-3-5-7-9-11-13-15-17-19-21-23-25-27-29-31-33-40(37,38)39/h1-33H2,(H2,37,38,39). The van der Waals surface area contributed by atoms with Crippen LogP contribution in [-0.2, 0) is 9.36 Å². The van der Waals surface area contributed by atoms with Crippen LogP contribution in [0.2, 0.25) is 0 Å². The van der Waals surface area contributed by atoms with Crippen LogP contribution in [-0.4, -0.2) is 28.6 Å². The van der Waals surface area contributed by atoms with E-state index in [4.69, 9.17) is 9.79 Å². The predicted molar refractivity (Wildman–Crippen MR) is 173 cm³/mol. The quantitative estimate of drug-likeness (QED) is 0.0340. The minimum Gasteiger partial charge on any atom is -0.324 e. The Morgan fingerprint density at radius 1 is 0.375 bits per heavy atom. The van der Waals surface area contributed by atoms with Crippen molar-refractivity contribution in [1.29, 1.82) is 0 Å². The van der Waals surface area contributed by atoms with Crippen LogP contribution in [0.25, 0.3) is 0 Å². The Morgan fingerprint density at radius 3 is 0.775 bits per heavy atom. The fraction of sp³-hybridized carbons (Fsp3) is 0.971. The molecule has 0 unspecified atom stereocenters. The predicted octanol–water partition coefficient (Wildman–Crippen LogP) is 11.6. The van der Waals surface area contributed by atoms with E-state index in [1.807, 2.05) is 0 Å². The molecule has 2 N–H and O–H groups in total. The molecule has 0 spiro atoms. The van der Waals surface area contributed by atoms with E-state index >= 15 is 0 Å². The lowest BCUT2D eigenvalue weighted by Crippen LogP contribution is -1.88. The molecule has 0 radical (unpaired) electrons. The van der Waals surface area contributed by atoms with Gasteiger partial charge in [-0.15, -0.1) is 0 Å². The van der Waals surface area contributed by atoms with Gasteiger partial charge in [-0.2, -0.15) is 0 Å². The maximum atomic E-state index is 10.8.